The fourth-order valence-corrected chi connectivity index (χ4v) is 8.50. The molecule has 4 saturated carbocycles. The summed E-state index contributed by atoms with van der Waals surface area (Å²) in [7, 11) is 0. The molecule has 3 nitrogen and oxygen atoms in total. The molecule has 0 aliphatic heterocycles. The van der Waals surface area contributed by atoms with Crippen LogP contribution in [0.4, 0.5) is 0 Å². The maximum atomic E-state index is 11.4. The van der Waals surface area contributed by atoms with Crippen LogP contribution < -0.4 is 0 Å². The Morgan fingerprint density at radius 3 is 2.62 bits per heavy atom. The number of fused-ring (bicyclic) bond motifs is 5. The number of aliphatic carboxylic acids is 1. The summed E-state index contributed by atoms with van der Waals surface area (Å²) in [6.07, 6.45) is 13.6. The van der Waals surface area contributed by atoms with Crippen molar-refractivity contribution in [3.05, 3.63) is 0 Å². The van der Waals surface area contributed by atoms with Crippen LogP contribution in [0.5, 0.6) is 0 Å². The monoisotopic (exact) mass is 362 g/mol. The van der Waals surface area contributed by atoms with Crippen molar-refractivity contribution in [3.63, 3.8) is 0 Å². The number of carbonyl (C=O) groups is 1. The van der Waals surface area contributed by atoms with E-state index in [0.29, 0.717) is 29.6 Å². The van der Waals surface area contributed by atoms with Crippen LogP contribution in [0.25, 0.3) is 0 Å². The minimum absolute atomic E-state index is 0.146. The summed E-state index contributed by atoms with van der Waals surface area (Å²) in [5.41, 5.74) is 0.597. The highest BCUT2D eigenvalue weighted by atomic mass is 16.4. The number of hydrogen-bond donors (Lipinski definition) is 2. The molecular weight excluding hydrogens is 324 g/mol. The van der Waals surface area contributed by atoms with E-state index in [-0.39, 0.29) is 11.5 Å². The number of carboxylic acids is 1. The molecule has 0 aromatic heterocycles. The first kappa shape index (κ1) is 18.8. The van der Waals surface area contributed by atoms with Crippen LogP contribution in [0.15, 0.2) is 0 Å². The van der Waals surface area contributed by atoms with Crippen LogP contribution in [-0.4, -0.2) is 22.3 Å². The summed E-state index contributed by atoms with van der Waals surface area (Å²) >= 11 is 0. The van der Waals surface area contributed by atoms with Gasteiger partial charge in [0.2, 0.25) is 0 Å². The van der Waals surface area contributed by atoms with E-state index < -0.39 is 5.97 Å². The first-order valence-corrected chi connectivity index (χ1v) is 11.3. The van der Waals surface area contributed by atoms with Gasteiger partial charge in [-0.2, -0.15) is 0 Å². The van der Waals surface area contributed by atoms with Gasteiger partial charge in [-0.3, -0.25) is 4.79 Å². The van der Waals surface area contributed by atoms with E-state index >= 15 is 0 Å². The molecule has 0 spiro atoms. The minimum atomic E-state index is -0.669. The molecule has 7 unspecified atom stereocenters. The van der Waals surface area contributed by atoms with Crippen molar-refractivity contribution in [2.45, 2.75) is 97.0 Å². The summed E-state index contributed by atoms with van der Waals surface area (Å²) < 4.78 is 0. The van der Waals surface area contributed by atoms with E-state index in [4.69, 9.17) is 5.11 Å². The van der Waals surface area contributed by atoms with Gasteiger partial charge < -0.3 is 10.2 Å². The average Bonchev–Trinajstić information content (AvgIpc) is 2.90. The highest BCUT2D eigenvalue weighted by Gasteiger charge is 2.62. The van der Waals surface area contributed by atoms with Gasteiger partial charge in [0.15, 0.2) is 0 Å². The molecule has 3 heteroatoms. The lowest BCUT2D eigenvalue weighted by atomic mass is 9.44. The summed E-state index contributed by atoms with van der Waals surface area (Å²) in [5, 5.41) is 20.3. The number of carboxylic acid groups (broad SMARTS) is 1. The van der Waals surface area contributed by atoms with Crippen molar-refractivity contribution in [1.29, 1.82) is 0 Å². The van der Waals surface area contributed by atoms with E-state index in [1.165, 1.54) is 51.4 Å². The smallest absolute Gasteiger partial charge is 0.303 e. The summed E-state index contributed by atoms with van der Waals surface area (Å²) in [4.78, 5) is 10.9. The molecule has 4 rings (SSSR count). The number of rotatable bonds is 4. The predicted molar refractivity (Wildman–Crippen MR) is 103 cm³/mol. The molecule has 0 aromatic rings. The Morgan fingerprint density at radius 2 is 1.85 bits per heavy atom. The zero-order valence-corrected chi connectivity index (χ0v) is 16.8. The third-order valence-electron chi connectivity index (χ3n) is 9.65. The Balaban J connectivity index is 1.54. The Morgan fingerprint density at radius 1 is 1.04 bits per heavy atom. The second-order valence-corrected chi connectivity index (χ2v) is 10.7. The van der Waals surface area contributed by atoms with Crippen LogP contribution in [0, 0.1) is 40.4 Å². The molecule has 4 aliphatic carbocycles. The molecule has 0 aromatic carbocycles. The van der Waals surface area contributed by atoms with E-state index in [2.05, 4.69) is 13.8 Å². The van der Waals surface area contributed by atoms with E-state index in [9.17, 15) is 9.90 Å². The van der Waals surface area contributed by atoms with Gasteiger partial charge in [0.05, 0.1) is 6.10 Å². The summed E-state index contributed by atoms with van der Waals surface area (Å²) in [6.45, 7) is 4.95. The van der Waals surface area contributed by atoms with Crippen LogP contribution in [-0.2, 0) is 4.79 Å². The van der Waals surface area contributed by atoms with Crippen molar-refractivity contribution < 1.29 is 15.0 Å². The van der Waals surface area contributed by atoms with Gasteiger partial charge in [0, 0.05) is 6.42 Å². The first-order chi connectivity index (χ1) is 12.4. The third-order valence-corrected chi connectivity index (χ3v) is 9.65. The van der Waals surface area contributed by atoms with Gasteiger partial charge in [0.1, 0.15) is 0 Å². The second-order valence-electron chi connectivity index (χ2n) is 10.7. The summed E-state index contributed by atoms with van der Waals surface area (Å²) in [5.74, 6) is 2.75. The minimum Gasteiger partial charge on any atom is -0.481 e. The summed E-state index contributed by atoms with van der Waals surface area (Å²) in [6, 6.07) is 0. The Kier molecular flexibility index (Phi) is 4.91. The molecule has 0 radical (unpaired) electrons. The molecule has 0 amide bonds. The maximum absolute atomic E-state index is 11.4. The van der Waals surface area contributed by atoms with Crippen molar-refractivity contribution in [2.24, 2.45) is 40.4 Å². The molecule has 148 valence electrons. The second kappa shape index (κ2) is 6.79. The highest BCUT2D eigenvalue weighted by molar-refractivity contribution is 5.66. The average molecular weight is 363 g/mol. The molecule has 0 saturated heterocycles. The molecule has 8 atom stereocenters. The molecule has 2 N–H and O–H groups in total. The van der Waals surface area contributed by atoms with Gasteiger partial charge in [-0.25, -0.2) is 0 Å². The predicted octanol–water partition coefficient (Wildman–Crippen LogP) is 5.26. The van der Waals surface area contributed by atoms with Crippen LogP contribution in [0.2, 0.25) is 0 Å². The van der Waals surface area contributed by atoms with Gasteiger partial charge in [-0.1, -0.05) is 26.7 Å². The van der Waals surface area contributed by atoms with Gasteiger partial charge in [-0.15, -0.1) is 0 Å². The molecule has 0 heterocycles. The SMILES string of the molecule is CC12CCCCC1CCC1C2C(O)CC2(C)C1CC[C@@H]2CCCC(=O)O. The molecule has 0 bridgehead atoms. The Bertz CT molecular complexity index is 546. The molecule has 26 heavy (non-hydrogen) atoms. The number of aliphatic hydroxyl groups is 1. The largest absolute Gasteiger partial charge is 0.481 e. The van der Waals surface area contributed by atoms with Crippen molar-refractivity contribution >= 4 is 5.97 Å². The first-order valence-electron chi connectivity index (χ1n) is 11.3. The zero-order chi connectivity index (χ0) is 18.5. The van der Waals surface area contributed by atoms with E-state index in [0.717, 1.165) is 31.1 Å². The van der Waals surface area contributed by atoms with Crippen LogP contribution in [0.3, 0.4) is 0 Å². The zero-order valence-electron chi connectivity index (χ0n) is 16.8. The quantitative estimate of drug-likeness (QED) is 0.717. The maximum Gasteiger partial charge on any atom is 0.303 e. The third kappa shape index (κ3) is 2.84. The van der Waals surface area contributed by atoms with Crippen LogP contribution >= 0.6 is 0 Å². The fraction of sp³-hybridized carbons (Fsp3) is 0.957. The standard InChI is InChI=1S/C23H38O3/c1-22-13-4-3-6-15(22)9-11-17-18-12-10-16(7-5-8-20(25)26)23(18,2)14-19(24)21(17)22/h15-19,21,24H,3-14H2,1-2H3,(H,25,26)/t15?,16-,17?,18?,19?,21?,22?,23?/m0/s1. The topological polar surface area (TPSA) is 57.5 Å². The highest BCUT2D eigenvalue weighted by Crippen LogP contribution is 2.67. The molecule has 4 aliphatic rings. The van der Waals surface area contributed by atoms with Gasteiger partial charge in [0.25, 0.3) is 0 Å². The van der Waals surface area contributed by atoms with Crippen molar-refractivity contribution in [3.8, 4) is 0 Å². The number of aliphatic hydroxyl groups excluding tert-OH is 1. The van der Waals surface area contributed by atoms with E-state index in [1.807, 2.05) is 0 Å². The van der Waals surface area contributed by atoms with Crippen LogP contribution in [0.1, 0.15) is 90.9 Å². The molecule has 4 fully saturated rings. The van der Waals surface area contributed by atoms with Crippen molar-refractivity contribution in [1.82, 2.24) is 0 Å². The Labute approximate surface area is 158 Å². The normalized spacial score (nSPS) is 50.6. The number of hydrogen-bond acceptors (Lipinski definition) is 2. The lowest BCUT2D eigenvalue weighted by molar-refractivity contribution is -0.169. The Hall–Kier alpha value is -0.570. The van der Waals surface area contributed by atoms with Gasteiger partial charge in [-0.05, 0) is 98.2 Å². The lowest BCUT2D eigenvalue weighted by Crippen LogP contribution is -2.58. The lowest BCUT2D eigenvalue weighted by Gasteiger charge is -2.62. The molecular formula is C23H38O3. The fourth-order valence-electron chi connectivity index (χ4n) is 8.50. The van der Waals surface area contributed by atoms with Gasteiger partial charge >= 0.3 is 5.97 Å². The van der Waals surface area contributed by atoms with E-state index in [1.54, 1.807) is 0 Å². The van der Waals surface area contributed by atoms with Crippen molar-refractivity contribution in [2.75, 3.05) is 0 Å².